The van der Waals surface area contributed by atoms with Crippen LogP contribution in [-0.2, 0) is 6.42 Å². The van der Waals surface area contributed by atoms with Crippen LogP contribution in [-0.4, -0.2) is 36.8 Å². The summed E-state index contributed by atoms with van der Waals surface area (Å²) >= 11 is 3.49. The number of aryl methyl sites for hydroxylation is 2. The second kappa shape index (κ2) is 10.4. The Morgan fingerprint density at radius 2 is 1.92 bits per heavy atom. The van der Waals surface area contributed by atoms with E-state index in [1.807, 2.05) is 19.1 Å². The second-order valence-corrected chi connectivity index (χ2v) is 8.03. The minimum Gasteiger partial charge on any atom is -0.356 e. The molecule has 0 bridgehead atoms. The molecule has 0 aliphatic carbocycles. The lowest BCUT2D eigenvalue weighted by molar-refractivity contribution is 0.626. The molecule has 1 heterocycles. The van der Waals surface area contributed by atoms with E-state index in [9.17, 15) is 4.39 Å². The van der Waals surface area contributed by atoms with E-state index in [0.717, 1.165) is 53.2 Å². The Kier molecular flexibility index (Phi) is 8.21. The molecule has 0 fully saturated rings. The molecule has 1 aromatic carbocycles. The van der Waals surface area contributed by atoms with Crippen LogP contribution in [0.2, 0.25) is 0 Å². The highest BCUT2D eigenvalue weighted by molar-refractivity contribution is 7.99. The number of rotatable bonds is 8. The summed E-state index contributed by atoms with van der Waals surface area (Å²) in [5, 5.41) is 7.78. The minimum atomic E-state index is -0.190. The summed E-state index contributed by atoms with van der Waals surface area (Å²) in [4.78, 5) is 11.1. The van der Waals surface area contributed by atoms with Crippen LogP contribution in [0.15, 0.2) is 34.2 Å². The number of aliphatic imine (C=N–C) groups is 1. The van der Waals surface area contributed by atoms with Crippen molar-refractivity contribution >= 4 is 29.1 Å². The van der Waals surface area contributed by atoms with Gasteiger partial charge < -0.3 is 10.6 Å². The molecule has 0 saturated carbocycles. The van der Waals surface area contributed by atoms with Gasteiger partial charge in [0.2, 0.25) is 0 Å². The van der Waals surface area contributed by atoms with Crippen molar-refractivity contribution in [3.8, 4) is 0 Å². The van der Waals surface area contributed by atoms with Gasteiger partial charge >= 0.3 is 0 Å². The number of nitrogens with one attached hydrogen (secondary N) is 2. The number of aromatic nitrogens is 1. The van der Waals surface area contributed by atoms with Gasteiger partial charge in [0.05, 0.1) is 10.7 Å². The van der Waals surface area contributed by atoms with Gasteiger partial charge in [0.25, 0.3) is 0 Å². The van der Waals surface area contributed by atoms with Gasteiger partial charge in [-0.1, -0.05) is 0 Å². The van der Waals surface area contributed by atoms with Gasteiger partial charge in [-0.2, -0.15) is 0 Å². The highest BCUT2D eigenvalue weighted by Crippen LogP contribution is 2.18. The van der Waals surface area contributed by atoms with Gasteiger partial charge in [0.15, 0.2) is 5.96 Å². The Labute approximate surface area is 157 Å². The third-order valence-electron chi connectivity index (χ3n) is 3.56. The lowest BCUT2D eigenvalue weighted by Gasteiger charge is -2.11. The molecule has 4 nitrogen and oxygen atoms in total. The van der Waals surface area contributed by atoms with Crippen LogP contribution in [0.1, 0.15) is 22.0 Å². The maximum Gasteiger partial charge on any atom is 0.190 e. The van der Waals surface area contributed by atoms with Crippen LogP contribution in [0.4, 0.5) is 4.39 Å². The lowest BCUT2D eigenvalue weighted by atomic mass is 10.3. The fourth-order valence-electron chi connectivity index (χ4n) is 2.32. The van der Waals surface area contributed by atoms with Crippen LogP contribution < -0.4 is 10.6 Å². The summed E-state index contributed by atoms with van der Waals surface area (Å²) in [6.45, 7) is 5.79. The second-order valence-electron chi connectivity index (χ2n) is 5.57. The monoisotopic (exact) mass is 380 g/mol. The largest absolute Gasteiger partial charge is 0.356 e. The Hall–Kier alpha value is -1.60. The van der Waals surface area contributed by atoms with Crippen molar-refractivity contribution in [2.75, 3.05) is 25.9 Å². The molecular formula is C18H25FN4S2. The molecule has 0 amide bonds. The van der Waals surface area contributed by atoms with Crippen molar-refractivity contribution in [3.63, 3.8) is 0 Å². The zero-order valence-corrected chi connectivity index (χ0v) is 16.6. The molecule has 0 saturated heterocycles. The molecule has 2 rings (SSSR count). The Bertz CT molecular complexity index is 683. The van der Waals surface area contributed by atoms with E-state index in [4.69, 9.17) is 0 Å². The smallest absolute Gasteiger partial charge is 0.190 e. The first-order valence-corrected chi connectivity index (χ1v) is 10.1. The maximum atomic E-state index is 12.8. The molecule has 0 spiro atoms. The highest BCUT2D eigenvalue weighted by Gasteiger charge is 2.05. The third kappa shape index (κ3) is 7.04. The van der Waals surface area contributed by atoms with Gasteiger partial charge in [-0.05, 0) is 50.3 Å². The van der Waals surface area contributed by atoms with Crippen molar-refractivity contribution in [2.24, 2.45) is 4.99 Å². The predicted octanol–water partition coefficient (Wildman–Crippen LogP) is 3.79. The molecule has 136 valence electrons. The van der Waals surface area contributed by atoms with E-state index in [-0.39, 0.29) is 5.82 Å². The van der Waals surface area contributed by atoms with E-state index in [2.05, 4.69) is 27.5 Å². The van der Waals surface area contributed by atoms with Crippen LogP contribution in [0.3, 0.4) is 0 Å². The predicted molar refractivity (Wildman–Crippen MR) is 106 cm³/mol. The Balaban J connectivity index is 1.60. The SMILES string of the molecule is CN=C(NCCCSc1ccc(F)cc1)NCCc1sc(C)nc1C. The summed E-state index contributed by atoms with van der Waals surface area (Å²) in [7, 11) is 1.78. The summed E-state index contributed by atoms with van der Waals surface area (Å²) in [5.41, 5.74) is 1.13. The van der Waals surface area contributed by atoms with Crippen LogP contribution in [0, 0.1) is 19.7 Å². The summed E-state index contributed by atoms with van der Waals surface area (Å²) in [5.74, 6) is 1.62. The quantitative estimate of drug-likeness (QED) is 0.317. The molecule has 0 radical (unpaired) electrons. The molecule has 0 atom stereocenters. The van der Waals surface area contributed by atoms with Gasteiger partial charge in [-0.3, -0.25) is 4.99 Å². The lowest BCUT2D eigenvalue weighted by Crippen LogP contribution is -2.38. The van der Waals surface area contributed by atoms with E-state index in [1.165, 1.54) is 17.0 Å². The number of thiazole rings is 1. The average molecular weight is 381 g/mol. The number of nitrogens with zero attached hydrogens (tertiary/aromatic N) is 2. The number of thioether (sulfide) groups is 1. The van der Waals surface area contributed by atoms with Crippen LogP contribution >= 0.6 is 23.1 Å². The van der Waals surface area contributed by atoms with Crippen molar-refractivity contribution in [3.05, 3.63) is 45.7 Å². The van der Waals surface area contributed by atoms with Gasteiger partial charge in [-0.15, -0.1) is 23.1 Å². The molecule has 0 aliphatic heterocycles. The van der Waals surface area contributed by atoms with E-state index < -0.39 is 0 Å². The first-order chi connectivity index (χ1) is 12.1. The van der Waals surface area contributed by atoms with Gasteiger partial charge in [0.1, 0.15) is 5.82 Å². The number of benzene rings is 1. The summed E-state index contributed by atoms with van der Waals surface area (Å²) in [6, 6.07) is 6.63. The Morgan fingerprint density at radius 3 is 2.56 bits per heavy atom. The Morgan fingerprint density at radius 1 is 1.20 bits per heavy atom. The first kappa shape index (κ1) is 19.7. The van der Waals surface area contributed by atoms with Crippen molar-refractivity contribution in [1.29, 1.82) is 0 Å². The van der Waals surface area contributed by atoms with Crippen LogP contribution in [0.25, 0.3) is 0 Å². The number of hydrogen-bond acceptors (Lipinski definition) is 4. The molecule has 2 aromatic rings. The van der Waals surface area contributed by atoms with E-state index in [0.29, 0.717) is 0 Å². The number of halogens is 1. The van der Waals surface area contributed by atoms with Crippen LogP contribution in [0.5, 0.6) is 0 Å². The summed E-state index contributed by atoms with van der Waals surface area (Å²) < 4.78 is 12.8. The number of guanidine groups is 1. The van der Waals surface area contributed by atoms with Gasteiger partial charge in [0, 0.05) is 36.3 Å². The molecule has 2 N–H and O–H groups in total. The molecule has 25 heavy (non-hydrogen) atoms. The first-order valence-electron chi connectivity index (χ1n) is 8.34. The minimum absolute atomic E-state index is 0.190. The average Bonchev–Trinajstić information content (AvgIpc) is 2.92. The maximum absolute atomic E-state index is 12.8. The zero-order valence-electron chi connectivity index (χ0n) is 14.9. The van der Waals surface area contributed by atoms with Gasteiger partial charge in [-0.25, -0.2) is 9.37 Å². The molecule has 1 aromatic heterocycles. The molecule has 0 unspecified atom stereocenters. The summed E-state index contributed by atoms with van der Waals surface area (Å²) in [6.07, 6.45) is 1.97. The van der Waals surface area contributed by atoms with E-state index >= 15 is 0 Å². The highest BCUT2D eigenvalue weighted by atomic mass is 32.2. The number of hydrogen-bond donors (Lipinski definition) is 2. The standard InChI is InChI=1S/C18H25FN4S2/c1-13-17(25-14(2)23-13)9-11-22-18(20-3)21-10-4-12-24-16-7-5-15(19)6-8-16/h5-8H,4,9-12H2,1-3H3,(H2,20,21,22). The molecule has 7 heteroatoms. The van der Waals surface area contributed by atoms with Crippen molar-refractivity contribution in [2.45, 2.75) is 31.6 Å². The van der Waals surface area contributed by atoms with E-state index in [1.54, 1.807) is 30.1 Å². The fraction of sp³-hybridized carbons (Fsp3) is 0.444. The topological polar surface area (TPSA) is 49.3 Å². The molecular weight excluding hydrogens is 355 g/mol. The van der Waals surface area contributed by atoms with Crippen molar-refractivity contribution < 1.29 is 4.39 Å². The van der Waals surface area contributed by atoms with Crippen molar-refractivity contribution in [1.82, 2.24) is 15.6 Å². The fourth-order valence-corrected chi connectivity index (χ4v) is 4.11. The third-order valence-corrected chi connectivity index (χ3v) is 5.79. The molecule has 0 aliphatic rings. The normalized spacial score (nSPS) is 11.6. The zero-order chi connectivity index (χ0) is 18.1.